The van der Waals surface area contributed by atoms with Crippen molar-refractivity contribution in [3.05, 3.63) is 71.9 Å². The molecule has 4 rings (SSSR count). The molecule has 4 atom stereocenters. The number of aromatic nitrogens is 1. The first-order chi connectivity index (χ1) is 21.2. The number of esters is 1. The van der Waals surface area contributed by atoms with E-state index in [1.807, 2.05) is 49.4 Å². The van der Waals surface area contributed by atoms with Crippen LogP contribution in [0, 0.1) is 0 Å². The molecule has 11 heteroatoms. The molecule has 11 nitrogen and oxygen atoms in total. The van der Waals surface area contributed by atoms with Crippen LogP contribution in [0.4, 0.5) is 0 Å². The van der Waals surface area contributed by atoms with E-state index < -0.39 is 53.8 Å². The fourth-order valence-electron chi connectivity index (χ4n) is 5.28. The number of rotatable bonds is 9. The van der Waals surface area contributed by atoms with Crippen LogP contribution in [-0.2, 0) is 41.6 Å². The average Bonchev–Trinajstić information content (AvgIpc) is 3.41. The Morgan fingerprint density at radius 3 is 2.41 bits per heavy atom. The second-order valence-corrected chi connectivity index (χ2v) is 11.1. The molecule has 0 bridgehead atoms. The Morgan fingerprint density at radius 1 is 0.909 bits per heavy atom. The van der Waals surface area contributed by atoms with Crippen molar-refractivity contribution in [2.75, 3.05) is 6.54 Å². The predicted octanol–water partition coefficient (Wildman–Crippen LogP) is 2.44. The Balaban J connectivity index is 1.58. The first-order valence-electron chi connectivity index (χ1n) is 15.2. The predicted molar refractivity (Wildman–Crippen MR) is 165 cm³/mol. The van der Waals surface area contributed by atoms with Gasteiger partial charge < -0.3 is 31.0 Å². The summed E-state index contributed by atoms with van der Waals surface area (Å²) in [6, 6.07) is 13.5. The van der Waals surface area contributed by atoms with Crippen LogP contribution in [0.3, 0.4) is 0 Å². The van der Waals surface area contributed by atoms with Gasteiger partial charge in [-0.2, -0.15) is 0 Å². The van der Waals surface area contributed by atoms with Gasteiger partial charge in [-0.05, 0) is 30.5 Å². The molecular weight excluding hydrogens is 562 g/mol. The number of unbranched alkanes of at least 4 members (excludes halogenated alkanes) is 2. The molecular formula is C33H41N5O6. The number of cyclic esters (lactones) is 1. The molecule has 1 aromatic heterocycles. The van der Waals surface area contributed by atoms with Gasteiger partial charge in [-0.3, -0.25) is 24.0 Å². The van der Waals surface area contributed by atoms with Gasteiger partial charge in [-0.15, -0.1) is 0 Å². The lowest BCUT2D eigenvalue weighted by Gasteiger charge is -2.28. The van der Waals surface area contributed by atoms with Gasteiger partial charge in [0.2, 0.25) is 23.6 Å². The van der Waals surface area contributed by atoms with Gasteiger partial charge in [0.15, 0.2) is 0 Å². The smallest absolute Gasteiger partial charge is 0.307 e. The van der Waals surface area contributed by atoms with Crippen LogP contribution in [0.2, 0.25) is 0 Å². The minimum atomic E-state index is -1.24. The SMILES string of the molecule is CCCCC[C@@H]1NC(=O)[C@@H](NC(=O)Cc2ccccc2)[C@@H](C)OC(=O)CCNC(=O)[C@@H](Cc2c[nH]c3ccccc23)NC1=O. The lowest BCUT2D eigenvalue weighted by atomic mass is 10.0. The quantitative estimate of drug-likeness (QED) is 0.187. The molecule has 5 N–H and O–H groups in total. The third-order valence-corrected chi connectivity index (χ3v) is 7.68. The maximum Gasteiger partial charge on any atom is 0.307 e. The monoisotopic (exact) mass is 603 g/mol. The van der Waals surface area contributed by atoms with Crippen molar-refractivity contribution in [2.45, 2.75) is 83.0 Å². The normalized spacial score (nSPS) is 21.9. The largest absolute Gasteiger partial charge is 0.460 e. The average molecular weight is 604 g/mol. The van der Waals surface area contributed by atoms with Crippen molar-refractivity contribution in [1.29, 1.82) is 0 Å². The third-order valence-electron chi connectivity index (χ3n) is 7.68. The van der Waals surface area contributed by atoms with E-state index in [1.165, 1.54) is 6.92 Å². The summed E-state index contributed by atoms with van der Waals surface area (Å²) in [6.07, 6.45) is 3.55. The second kappa shape index (κ2) is 15.7. The van der Waals surface area contributed by atoms with Gasteiger partial charge in [0, 0.05) is 30.1 Å². The Labute approximate surface area is 256 Å². The van der Waals surface area contributed by atoms with Crippen molar-refractivity contribution in [3.63, 3.8) is 0 Å². The van der Waals surface area contributed by atoms with Crippen molar-refractivity contribution in [1.82, 2.24) is 26.3 Å². The lowest BCUT2D eigenvalue weighted by molar-refractivity contribution is -0.152. The van der Waals surface area contributed by atoms with Gasteiger partial charge >= 0.3 is 5.97 Å². The zero-order chi connectivity index (χ0) is 31.5. The van der Waals surface area contributed by atoms with Crippen LogP contribution in [0.25, 0.3) is 10.9 Å². The van der Waals surface area contributed by atoms with Crippen LogP contribution in [0.15, 0.2) is 60.8 Å². The molecule has 0 spiro atoms. The van der Waals surface area contributed by atoms with E-state index in [4.69, 9.17) is 4.74 Å². The molecule has 4 amide bonds. The highest BCUT2D eigenvalue weighted by atomic mass is 16.5. The summed E-state index contributed by atoms with van der Waals surface area (Å²) >= 11 is 0. The number of H-pyrrole nitrogens is 1. The summed E-state index contributed by atoms with van der Waals surface area (Å²) in [5.41, 5.74) is 2.49. The molecule has 1 aliphatic heterocycles. The minimum absolute atomic E-state index is 0.0211. The van der Waals surface area contributed by atoms with E-state index in [1.54, 1.807) is 18.3 Å². The van der Waals surface area contributed by atoms with Crippen molar-refractivity contribution in [2.24, 2.45) is 0 Å². The molecule has 234 valence electrons. The van der Waals surface area contributed by atoms with E-state index in [0.29, 0.717) is 12.8 Å². The lowest BCUT2D eigenvalue weighted by Crippen LogP contribution is -2.60. The van der Waals surface area contributed by atoms with Crippen molar-refractivity contribution >= 4 is 40.5 Å². The Bertz CT molecular complexity index is 1460. The van der Waals surface area contributed by atoms with E-state index >= 15 is 0 Å². The maximum atomic E-state index is 13.7. The number of hydrogen-bond donors (Lipinski definition) is 5. The number of amides is 4. The molecule has 1 saturated heterocycles. The molecule has 1 fully saturated rings. The van der Waals surface area contributed by atoms with Crippen LogP contribution in [-0.4, -0.2) is 65.4 Å². The van der Waals surface area contributed by atoms with Crippen LogP contribution < -0.4 is 21.3 Å². The fourth-order valence-corrected chi connectivity index (χ4v) is 5.28. The number of hydrogen-bond acceptors (Lipinski definition) is 6. The molecule has 1 aliphatic rings. The highest BCUT2D eigenvalue weighted by Crippen LogP contribution is 2.19. The summed E-state index contributed by atoms with van der Waals surface area (Å²) < 4.78 is 5.51. The molecule has 2 heterocycles. The molecule has 2 aromatic carbocycles. The summed E-state index contributed by atoms with van der Waals surface area (Å²) in [5, 5.41) is 12.0. The summed E-state index contributed by atoms with van der Waals surface area (Å²) in [4.78, 5) is 69.4. The van der Waals surface area contributed by atoms with Crippen LogP contribution >= 0.6 is 0 Å². The number of ether oxygens (including phenoxy) is 1. The zero-order valence-corrected chi connectivity index (χ0v) is 25.2. The number of para-hydroxylation sites is 1. The summed E-state index contributed by atoms with van der Waals surface area (Å²) in [5.74, 6) is -2.69. The molecule has 0 radical (unpaired) electrons. The van der Waals surface area contributed by atoms with Gasteiger partial charge in [-0.25, -0.2) is 0 Å². The van der Waals surface area contributed by atoms with Crippen LogP contribution in [0.5, 0.6) is 0 Å². The van der Waals surface area contributed by atoms with E-state index in [2.05, 4.69) is 26.3 Å². The third kappa shape index (κ3) is 8.92. The number of carbonyl (C=O) groups excluding carboxylic acids is 5. The second-order valence-electron chi connectivity index (χ2n) is 11.1. The Kier molecular flexibility index (Phi) is 11.5. The number of nitrogens with one attached hydrogen (secondary N) is 5. The Hall–Kier alpha value is -4.67. The zero-order valence-electron chi connectivity index (χ0n) is 25.2. The van der Waals surface area contributed by atoms with E-state index in [9.17, 15) is 24.0 Å². The fraction of sp³-hybridized carbons (Fsp3) is 0.424. The highest BCUT2D eigenvalue weighted by molar-refractivity contribution is 5.95. The highest BCUT2D eigenvalue weighted by Gasteiger charge is 2.34. The van der Waals surface area contributed by atoms with Crippen molar-refractivity contribution in [3.8, 4) is 0 Å². The summed E-state index contributed by atoms with van der Waals surface area (Å²) in [6.45, 7) is 3.52. The topological polar surface area (TPSA) is 158 Å². The number of aromatic amines is 1. The minimum Gasteiger partial charge on any atom is -0.460 e. The summed E-state index contributed by atoms with van der Waals surface area (Å²) in [7, 11) is 0. The van der Waals surface area contributed by atoms with Gasteiger partial charge in [0.1, 0.15) is 24.2 Å². The van der Waals surface area contributed by atoms with E-state index in [-0.39, 0.29) is 25.8 Å². The van der Waals surface area contributed by atoms with Crippen molar-refractivity contribution < 1.29 is 28.7 Å². The molecule has 0 unspecified atom stereocenters. The van der Waals surface area contributed by atoms with Gasteiger partial charge in [0.25, 0.3) is 0 Å². The number of fused-ring (bicyclic) bond motifs is 1. The Morgan fingerprint density at radius 2 is 1.64 bits per heavy atom. The first kappa shape index (κ1) is 32.2. The standard InChI is InChI=1S/C33H41N5O6/c1-3-4-6-15-26-32(42)37-27(19-23-20-35-25-14-10-9-13-24(23)25)31(41)34-17-16-29(40)44-21(2)30(33(43)36-26)38-28(39)18-22-11-7-5-8-12-22/h5,7-14,20-21,26-27,30,35H,3-4,6,15-19H2,1-2H3,(H,34,41)(H,36,43)(H,37,42)(H,38,39)/t21-,26+,27-,30+/m1/s1. The molecule has 3 aromatic rings. The van der Waals surface area contributed by atoms with Crippen LogP contribution in [0.1, 0.15) is 57.1 Å². The number of carbonyl (C=O) groups is 5. The number of benzene rings is 2. The molecule has 44 heavy (non-hydrogen) atoms. The molecule has 0 aliphatic carbocycles. The van der Waals surface area contributed by atoms with Gasteiger partial charge in [-0.1, -0.05) is 74.7 Å². The van der Waals surface area contributed by atoms with E-state index in [0.717, 1.165) is 34.9 Å². The van der Waals surface area contributed by atoms with Gasteiger partial charge in [0.05, 0.1) is 12.8 Å². The molecule has 0 saturated carbocycles. The first-order valence-corrected chi connectivity index (χ1v) is 15.2. The maximum absolute atomic E-state index is 13.7.